The molecule has 1 fully saturated rings. The molecule has 2 N–H and O–H groups in total. The van der Waals surface area contributed by atoms with Gasteiger partial charge in [0.2, 0.25) is 5.91 Å². The second-order valence-corrected chi connectivity index (χ2v) is 6.66. The normalized spacial score (nSPS) is 20.2. The number of H-pyrrole nitrogens is 1. The van der Waals surface area contributed by atoms with Gasteiger partial charge >= 0.3 is 0 Å². The molecule has 2 aromatic rings. The molecule has 0 aliphatic heterocycles. The number of hydrogen-bond donors (Lipinski definition) is 2. The molecule has 7 nitrogen and oxygen atoms in total. The van der Waals surface area contributed by atoms with Crippen molar-refractivity contribution in [1.29, 1.82) is 0 Å². The predicted molar refractivity (Wildman–Crippen MR) is 93.9 cm³/mol. The highest BCUT2D eigenvalue weighted by Gasteiger charge is 2.23. The van der Waals surface area contributed by atoms with Crippen molar-refractivity contribution in [2.45, 2.75) is 52.0 Å². The minimum absolute atomic E-state index is 0.0350. The van der Waals surface area contributed by atoms with Crippen molar-refractivity contribution in [3.63, 3.8) is 0 Å². The Morgan fingerprint density at radius 3 is 2.68 bits per heavy atom. The first-order chi connectivity index (χ1) is 12.0. The first kappa shape index (κ1) is 17.3. The zero-order chi connectivity index (χ0) is 17.8. The third-order valence-corrected chi connectivity index (χ3v) is 4.80. The van der Waals surface area contributed by atoms with Crippen molar-refractivity contribution in [3.05, 3.63) is 40.1 Å². The van der Waals surface area contributed by atoms with E-state index in [2.05, 4.69) is 32.2 Å². The molecular weight excluding hydrogens is 318 g/mol. The topological polar surface area (TPSA) is 101 Å². The van der Waals surface area contributed by atoms with E-state index >= 15 is 0 Å². The van der Waals surface area contributed by atoms with Gasteiger partial charge in [0.15, 0.2) is 11.6 Å². The average Bonchev–Trinajstić information content (AvgIpc) is 2.61. The Labute approximate surface area is 146 Å². The molecule has 1 saturated carbocycles. The van der Waals surface area contributed by atoms with Crippen LogP contribution >= 0.6 is 0 Å². The van der Waals surface area contributed by atoms with Crippen molar-refractivity contribution in [1.82, 2.24) is 25.3 Å². The fourth-order valence-corrected chi connectivity index (χ4v) is 3.29. The molecule has 0 bridgehead atoms. The van der Waals surface area contributed by atoms with Gasteiger partial charge in [-0.25, -0.2) is 15.0 Å². The van der Waals surface area contributed by atoms with Crippen LogP contribution in [0.3, 0.4) is 0 Å². The monoisotopic (exact) mass is 341 g/mol. The summed E-state index contributed by atoms with van der Waals surface area (Å²) in [6, 6.07) is 1.89. The first-order valence-electron chi connectivity index (χ1n) is 8.71. The van der Waals surface area contributed by atoms with E-state index in [1.165, 1.54) is 6.42 Å². The number of rotatable bonds is 4. The van der Waals surface area contributed by atoms with E-state index in [1.807, 2.05) is 0 Å². The van der Waals surface area contributed by atoms with Gasteiger partial charge in [0.1, 0.15) is 0 Å². The van der Waals surface area contributed by atoms with Gasteiger partial charge in [0.05, 0.1) is 6.42 Å². The lowest BCUT2D eigenvalue weighted by molar-refractivity contribution is -0.121. The summed E-state index contributed by atoms with van der Waals surface area (Å²) in [5.74, 6) is 1.02. The quantitative estimate of drug-likeness (QED) is 0.883. The molecule has 0 saturated heterocycles. The minimum Gasteiger partial charge on any atom is -0.353 e. The van der Waals surface area contributed by atoms with Crippen LogP contribution in [0.15, 0.2) is 23.3 Å². The number of amides is 1. The lowest BCUT2D eigenvalue weighted by atomic mass is 9.86. The van der Waals surface area contributed by atoms with E-state index in [-0.39, 0.29) is 23.9 Å². The molecule has 1 amide bonds. The van der Waals surface area contributed by atoms with Gasteiger partial charge in [-0.05, 0) is 31.7 Å². The molecule has 2 atom stereocenters. The van der Waals surface area contributed by atoms with Crippen molar-refractivity contribution < 1.29 is 4.79 Å². The second-order valence-electron chi connectivity index (χ2n) is 6.66. The summed E-state index contributed by atoms with van der Waals surface area (Å²) in [6.45, 7) is 3.89. The second kappa shape index (κ2) is 7.55. The van der Waals surface area contributed by atoms with Crippen LogP contribution in [0, 0.1) is 12.8 Å². The van der Waals surface area contributed by atoms with E-state index in [4.69, 9.17) is 0 Å². The van der Waals surface area contributed by atoms with Gasteiger partial charge in [-0.1, -0.05) is 19.8 Å². The van der Waals surface area contributed by atoms with E-state index in [0.717, 1.165) is 19.3 Å². The number of carbonyl (C=O) groups excluding carboxylic acids is 1. The van der Waals surface area contributed by atoms with Gasteiger partial charge in [-0.15, -0.1) is 0 Å². The fourth-order valence-electron chi connectivity index (χ4n) is 3.29. The minimum atomic E-state index is -0.318. The molecule has 3 rings (SSSR count). The largest absolute Gasteiger partial charge is 0.353 e. The molecule has 2 heterocycles. The SMILES string of the molecule is Cc1nc(-c2ncccn2)[nH]c(=O)c1CC(=O)N[C@@H]1CCCC[C@@H]1C. The molecule has 0 radical (unpaired) electrons. The maximum absolute atomic E-state index is 12.4. The van der Waals surface area contributed by atoms with Crippen molar-refractivity contribution in [2.24, 2.45) is 5.92 Å². The van der Waals surface area contributed by atoms with Gasteiger partial charge < -0.3 is 10.3 Å². The highest BCUT2D eigenvalue weighted by Crippen LogP contribution is 2.23. The Morgan fingerprint density at radius 2 is 2.00 bits per heavy atom. The van der Waals surface area contributed by atoms with Crippen LogP contribution in [-0.4, -0.2) is 31.9 Å². The Kier molecular flexibility index (Phi) is 5.21. The van der Waals surface area contributed by atoms with Gasteiger partial charge in [0.25, 0.3) is 5.56 Å². The zero-order valence-corrected chi connectivity index (χ0v) is 14.6. The van der Waals surface area contributed by atoms with E-state index in [1.54, 1.807) is 25.4 Å². The van der Waals surface area contributed by atoms with Crippen LogP contribution in [0.1, 0.15) is 43.9 Å². The zero-order valence-electron chi connectivity index (χ0n) is 14.6. The molecule has 7 heteroatoms. The number of aryl methyl sites for hydroxylation is 1. The molecule has 132 valence electrons. The lowest BCUT2D eigenvalue weighted by Crippen LogP contribution is -2.42. The third-order valence-electron chi connectivity index (χ3n) is 4.80. The first-order valence-corrected chi connectivity index (χ1v) is 8.71. The molecule has 1 aliphatic carbocycles. The third kappa shape index (κ3) is 4.10. The number of hydrogen-bond acceptors (Lipinski definition) is 5. The summed E-state index contributed by atoms with van der Waals surface area (Å²) in [4.78, 5) is 40.0. The van der Waals surface area contributed by atoms with E-state index < -0.39 is 0 Å². The number of nitrogens with one attached hydrogen (secondary N) is 2. The summed E-state index contributed by atoms with van der Waals surface area (Å²) in [6.07, 6.45) is 7.71. The number of aromatic amines is 1. The van der Waals surface area contributed by atoms with Crippen molar-refractivity contribution in [3.8, 4) is 11.6 Å². The summed E-state index contributed by atoms with van der Waals surface area (Å²) in [5, 5.41) is 3.07. The Morgan fingerprint density at radius 1 is 1.28 bits per heavy atom. The Bertz CT molecular complexity index is 803. The van der Waals surface area contributed by atoms with Gasteiger partial charge in [-0.3, -0.25) is 9.59 Å². The number of nitrogens with zero attached hydrogens (tertiary/aromatic N) is 3. The van der Waals surface area contributed by atoms with Crippen LogP contribution in [0.25, 0.3) is 11.6 Å². The number of carbonyl (C=O) groups is 1. The predicted octanol–water partition coefficient (Wildman–Crippen LogP) is 1.77. The maximum atomic E-state index is 12.4. The van der Waals surface area contributed by atoms with Crippen molar-refractivity contribution in [2.75, 3.05) is 0 Å². The summed E-state index contributed by atoms with van der Waals surface area (Å²) in [7, 11) is 0. The molecule has 25 heavy (non-hydrogen) atoms. The molecule has 0 unspecified atom stereocenters. The van der Waals surface area contributed by atoms with Gasteiger partial charge in [0, 0.05) is 29.7 Å². The Balaban J connectivity index is 1.74. The van der Waals surface area contributed by atoms with Crippen LogP contribution in [0.4, 0.5) is 0 Å². The van der Waals surface area contributed by atoms with Crippen LogP contribution in [0.5, 0.6) is 0 Å². The van der Waals surface area contributed by atoms with E-state index in [9.17, 15) is 9.59 Å². The molecular formula is C18H23N5O2. The molecule has 1 aliphatic rings. The van der Waals surface area contributed by atoms with Crippen LogP contribution in [-0.2, 0) is 11.2 Å². The van der Waals surface area contributed by atoms with Crippen LogP contribution in [0.2, 0.25) is 0 Å². The average molecular weight is 341 g/mol. The Hall–Kier alpha value is -2.57. The number of aromatic nitrogens is 4. The smallest absolute Gasteiger partial charge is 0.255 e. The molecule has 2 aromatic heterocycles. The maximum Gasteiger partial charge on any atom is 0.255 e. The fraction of sp³-hybridized carbons (Fsp3) is 0.500. The highest BCUT2D eigenvalue weighted by atomic mass is 16.2. The van der Waals surface area contributed by atoms with Gasteiger partial charge in [-0.2, -0.15) is 0 Å². The van der Waals surface area contributed by atoms with E-state index in [0.29, 0.717) is 28.8 Å². The summed E-state index contributed by atoms with van der Waals surface area (Å²) < 4.78 is 0. The molecule has 0 aromatic carbocycles. The lowest BCUT2D eigenvalue weighted by Gasteiger charge is -2.29. The summed E-state index contributed by atoms with van der Waals surface area (Å²) >= 11 is 0. The van der Waals surface area contributed by atoms with Crippen molar-refractivity contribution >= 4 is 5.91 Å². The molecule has 0 spiro atoms. The standard InChI is InChI=1S/C18H23N5O2/c1-11-6-3-4-7-14(11)22-15(24)10-13-12(2)21-17(23-18(13)25)16-19-8-5-9-20-16/h5,8-9,11,14H,3-4,6-7,10H2,1-2H3,(H,22,24)(H,21,23,25)/t11-,14+/m0/s1. The highest BCUT2D eigenvalue weighted by molar-refractivity contribution is 5.79. The summed E-state index contributed by atoms with van der Waals surface area (Å²) in [5.41, 5.74) is 0.598. The van der Waals surface area contributed by atoms with Crippen LogP contribution < -0.4 is 10.9 Å².